The third-order valence-corrected chi connectivity index (χ3v) is 5.38. The monoisotopic (exact) mass is 386 g/mol. The second kappa shape index (κ2) is 8.90. The van der Waals surface area contributed by atoms with E-state index in [2.05, 4.69) is 21.7 Å². The predicted octanol–water partition coefficient (Wildman–Crippen LogP) is 1.77. The molecule has 3 rings (SSSR count). The average molecular weight is 386 g/mol. The van der Waals surface area contributed by atoms with Crippen molar-refractivity contribution in [2.45, 2.75) is 38.3 Å². The molecule has 0 aliphatic carbocycles. The Morgan fingerprint density at radius 3 is 2.52 bits per heavy atom. The lowest BCUT2D eigenvalue weighted by Crippen LogP contribution is -2.50. The quantitative estimate of drug-likeness (QED) is 0.448. The summed E-state index contributed by atoms with van der Waals surface area (Å²) in [6, 6.07) is 13.0. The summed E-state index contributed by atoms with van der Waals surface area (Å²) in [6.07, 6.45) is 0.710. The number of hydrogen-bond acceptors (Lipinski definition) is 6. The minimum Gasteiger partial charge on any atom is -0.293 e. The summed E-state index contributed by atoms with van der Waals surface area (Å²) in [4.78, 5) is 37.8. The Labute approximate surface area is 161 Å². The van der Waals surface area contributed by atoms with E-state index in [9.17, 15) is 14.4 Å². The Hall–Kier alpha value is -2.55. The third kappa shape index (κ3) is 5.22. The number of rotatable bonds is 6. The van der Waals surface area contributed by atoms with Gasteiger partial charge in [-0.25, -0.2) is 10.9 Å². The van der Waals surface area contributed by atoms with Gasteiger partial charge in [-0.15, -0.1) is 11.3 Å². The van der Waals surface area contributed by atoms with Crippen molar-refractivity contribution in [2.75, 3.05) is 0 Å². The summed E-state index contributed by atoms with van der Waals surface area (Å²) in [5, 5.41) is 0. The number of carbonyl (C=O) groups excluding carboxylic acids is 3. The van der Waals surface area contributed by atoms with Gasteiger partial charge >= 0.3 is 0 Å². The zero-order chi connectivity index (χ0) is 19.2. The van der Waals surface area contributed by atoms with Crippen LogP contribution in [0.2, 0.25) is 0 Å². The minimum absolute atomic E-state index is 0.0268. The average Bonchev–Trinajstić information content (AvgIpc) is 3.34. The molecule has 2 amide bonds. The van der Waals surface area contributed by atoms with Gasteiger partial charge in [0.05, 0.1) is 4.88 Å². The summed E-state index contributed by atoms with van der Waals surface area (Å²) in [6.45, 7) is 1.93. The summed E-state index contributed by atoms with van der Waals surface area (Å²) in [5.41, 5.74) is 11.9. The standard InChI is InChI=1S/C19H22N4O3S/c1-12-7-9-17(27-12)16(24)8-10-18(25)22-23-19(26)15-11-14(20-21-15)13-5-3-2-4-6-13/h2-7,9,14-15,20-21H,8,10-11H2,1H3,(H,22,25)(H,23,26). The van der Waals surface area contributed by atoms with Gasteiger partial charge in [-0.05, 0) is 31.0 Å². The molecule has 2 atom stereocenters. The number of thiophene rings is 1. The number of hydrogen-bond donors (Lipinski definition) is 4. The molecule has 1 aliphatic heterocycles. The van der Waals surface area contributed by atoms with Crippen molar-refractivity contribution < 1.29 is 14.4 Å². The third-order valence-electron chi connectivity index (χ3n) is 4.34. The first-order valence-corrected chi connectivity index (χ1v) is 9.59. The van der Waals surface area contributed by atoms with Crippen LogP contribution in [0.1, 0.15) is 45.4 Å². The van der Waals surface area contributed by atoms with Crippen molar-refractivity contribution in [1.82, 2.24) is 21.7 Å². The van der Waals surface area contributed by atoms with Crippen LogP contribution in [0.4, 0.5) is 0 Å². The van der Waals surface area contributed by atoms with Crippen LogP contribution < -0.4 is 21.7 Å². The molecule has 4 N–H and O–H groups in total. The van der Waals surface area contributed by atoms with Gasteiger partial charge in [0.1, 0.15) is 6.04 Å². The van der Waals surface area contributed by atoms with Crippen LogP contribution in [-0.2, 0) is 9.59 Å². The van der Waals surface area contributed by atoms with E-state index >= 15 is 0 Å². The molecule has 1 fully saturated rings. The molecule has 0 saturated carbocycles. The maximum absolute atomic E-state index is 12.2. The Balaban J connectivity index is 1.39. The zero-order valence-electron chi connectivity index (χ0n) is 15.0. The second-order valence-electron chi connectivity index (χ2n) is 6.41. The molecule has 1 aromatic carbocycles. The number of hydrazine groups is 2. The SMILES string of the molecule is Cc1ccc(C(=O)CCC(=O)NNC(=O)C2CC(c3ccccc3)NN2)s1. The van der Waals surface area contributed by atoms with Gasteiger partial charge in [-0.2, -0.15) is 0 Å². The van der Waals surface area contributed by atoms with E-state index in [4.69, 9.17) is 0 Å². The fraction of sp³-hybridized carbons (Fsp3) is 0.316. The lowest BCUT2D eigenvalue weighted by molar-refractivity contribution is -0.129. The van der Waals surface area contributed by atoms with Crippen LogP contribution in [0.3, 0.4) is 0 Å². The van der Waals surface area contributed by atoms with Crippen molar-refractivity contribution >= 4 is 28.9 Å². The molecule has 2 heterocycles. The fourth-order valence-electron chi connectivity index (χ4n) is 2.85. The first kappa shape index (κ1) is 19.2. The van der Waals surface area contributed by atoms with Crippen LogP contribution >= 0.6 is 11.3 Å². The molecular formula is C19H22N4O3S. The van der Waals surface area contributed by atoms with Gasteiger partial charge in [0.2, 0.25) is 5.91 Å². The molecule has 7 nitrogen and oxygen atoms in total. The molecule has 142 valence electrons. The van der Waals surface area contributed by atoms with Gasteiger partial charge in [-0.1, -0.05) is 30.3 Å². The molecule has 0 spiro atoms. The number of carbonyl (C=O) groups is 3. The van der Waals surface area contributed by atoms with Gasteiger partial charge in [0, 0.05) is 23.8 Å². The molecule has 27 heavy (non-hydrogen) atoms. The summed E-state index contributed by atoms with van der Waals surface area (Å²) in [7, 11) is 0. The predicted molar refractivity (Wildman–Crippen MR) is 103 cm³/mol. The van der Waals surface area contributed by atoms with E-state index in [1.165, 1.54) is 11.3 Å². The molecule has 2 aromatic rings. The lowest BCUT2D eigenvalue weighted by atomic mass is 10.0. The summed E-state index contributed by atoms with van der Waals surface area (Å²) < 4.78 is 0. The Kier molecular flexibility index (Phi) is 6.33. The van der Waals surface area contributed by atoms with E-state index in [0.717, 1.165) is 10.4 Å². The zero-order valence-corrected chi connectivity index (χ0v) is 15.8. The number of Topliss-reactive ketones (excluding diaryl/α,β-unsaturated/α-hetero) is 1. The Bertz CT molecular complexity index is 821. The number of ketones is 1. The van der Waals surface area contributed by atoms with Crippen LogP contribution in [0.25, 0.3) is 0 Å². The molecule has 0 bridgehead atoms. The Morgan fingerprint density at radius 1 is 1.04 bits per heavy atom. The van der Waals surface area contributed by atoms with E-state index in [0.29, 0.717) is 11.3 Å². The van der Waals surface area contributed by atoms with Gasteiger partial charge in [-0.3, -0.25) is 25.2 Å². The summed E-state index contributed by atoms with van der Waals surface area (Å²) >= 11 is 1.41. The Morgan fingerprint density at radius 2 is 1.81 bits per heavy atom. The van der Waals surface area contributed by atoms with Gasteiger partial charge in [0.25, 0.3) is 5.91 Å². The van der Waals surface area contributed by atoms with E-state index < -0.39 is 11.9 Å². The molecule has 8 heteroatoms. The molecule has 1 aromatic heterocycles. The van der Waals surface area contributed by atoms with Gasteiger partial charge in [0.15, 0.2) is 5.78 Å². The lowest BCUT2D eigenvalue weighted by Gasteiger charge is -2.11. The number of amides is 2. The number of benzene rings is 1. The van der Waals surface area contributed by atoms with E-state index in [1.54, 1.807) is 6.07 Å². The molecule has 1 saturated heterocycles. The minimum atomic E-state index is -0.453. The van der Waals surface area contributed by atoms with Crippen molar-refractivity contribution in [3.8, 4) is 0 Å². The van der Waals surface area contributed by atoms with Crippen molar-refractivity contribution in [2.24, 2.45) is 0 Å². The highest BCUT2D eigenvalue weighted by Crippen LogP contribution is 2.21. The second-order valence-corrected chi connectivity index (χ2v) is 7.70. The highest BCUT2D eigenvalue weighted by Gasteiger charge is 2.30. The maximum atomic E-state index is 12.2. The van der Waals surface area contributed by atoms with Crippen molar-refractivity contribution in [3.05, 3.63) is 57.8 Å². The molecule has 1 aliphatic rings. The van der Waals surface area contributed by atoms with Crippen LogP contribution in [0.5, 0.6) is 0 Å². The van der Waals surface area contributed by atoms with Crippen molar-refractivity contribution in [3.63, 3.8) is 0 Å². The largest absolute Gasteiger partial charge is 0.293 e. The number of nitrogens with one attached hydrogen (secondary N) is 4. The topological polar surface area (TPSA) is 99.3 Å². The van der Waals surface area contributed by atoms with Crippen molar-refractivity contribution in [1.29, 1.82) is 0 Å². The number of aryl methyl sites for hydroxylation is 1. The molecular weight excluding hydrogens is 364 g/mol. The molecule has 0 radical (unpaired) electrons. The van der Waals surface area contributed by atoms with Crippen LogP contribution in [0, 0.1) is 6.92 Å². The summed E-state index contributed by atoms with van der Waals surface area (Å²) in [5.74, 6) is -0.785. The first-order valence-electron chi connectivity index (χ1n) is 8.77. The first-order chi connectivity index (χ1) is 13.0. The van der Waals surface area contributed by atoms with Crippen LogP contribution in [-0.4, -0.2) is 23.6 Å². The van der Waals surface area contributed by atoms with Crippen LogP contribution in [0.15, 0.2) is 42.5 Å². The highest BCUT2D eigenvalue weighted by atomic mass is 32.1. The molecule has 2 unspecified atom stereocenters. The highest BCUT2D eigenvalue weighted by molar-refractivity contribution is 7.14. The normalized spacial score (nSPS) is 18.9. The smallest absolute Gasteiger partial charge is 0.256 e. The van der Waals surface area contributed by atoms with Gasteiger partial charge < -0.3 is 0 Å². The van der Waals surface area contributed by atoms with E-state index in [-0.39, 0.29) is 30.6 Å². The fourth-order valence-corrected chi connectivity index (χ4v) is 3.68. The van der Waals surface area contributed by atoms with E-state index in [1.807, 2.05) is 43.3 Å². The maximum Gasteiger partial charge on any atom is 0.256 e.